The van der Waals surface area contributed by atoms with E-state index in [-0.39, 0.29) is 17.1 Å². The zero-order valence-electron chi connectivity index (χ0n) is 16.3. The first-order valence-corrected chi connectivity index (χ1v) is 11.4. The molecule has 1 amide bonds. The van der Waals surface area contributed by atoms with Crippen LogP contribution in [0.25, 0.3) is 10.6 Å². The Kier molecular flexibility index (Phi) is 4.53. The van der Waals surface area contributed by atoms with E-state index in [4.69, 9.17) is 4.98 Å². The maximum absolute atomic E-state index is 15.0. The monoisotopic (exact) mass is 398 g/mol. The molecule has 0 spiro atoms. The lowest BCUT2D eigenvalue weighted by Gasteiger charge is -2.57. The molecule has 0 saturated heterocycles. The minimum atomic E-state index is -0.0341. The van der Waals surface area contributed by atoms with E-state index in [1.54, 1.807) is 17.4 Å². The molecule has 4 aliphatic rings. The number of nitrogens with zero attached hydrogens (tertiary/aromatic N) is 1. The van der Waals surface area contributed by atoms with Crippen molar-refractivity contribution in [2.75, 3.05) is 6.54 Å². The van der Waals surface area contributed by atoms with Crippen molar-refractivity contribution in [2.45, 2.75) is 57.3 Å². The molecule has 1 N–H and O–H groups in total. The summed E-state index contributed by atoms with van der Waals surface area (Å²) in [6, 6.07) is 5.62. The number of hydrogen-bond acceptors (Lipinski definition) is 3. The summed E-state index contributed by atoms with van der Waals surface area (Å²) in [6.07, 6.45) is 8.32. The summed E-state index contributed by atoms with van der Waals surface area (Å²) in [5, 5.41) is 5.80. The molecule has 0 atom stereocenters. The second kappa shape index (κ2) is 6.94. The van der Waals surface area contributed by atoms with Gasteiger partial charge in [-0.1, -0.05) is 0 Å². The van der Waals surface area contributed by atoms with Crippen molar-refractivity contribution in [2.24, 2.45) is 17.8 Å². The summed E-state index contributed by atoms with van der Waals surface area (Å²) in [5.74, 6) is 2.35. The van der Waals surface area contributed by atoms with E-state index in [9.17, 15) is 9.18 Å². The molecule has 0 unspecified atom stereocenters. The van der Waals surface area contributed by atoms with E-state index < -0.39 is 0 Å². The number of aromatic nitrogens is 1. The molecule has 5 heteroatoms. The van der Waals surface area contributed by atoms with Gasteiger partial charge in [0, 0.05) is 30.8 Å². The second-order valence-corrected chi connectivity index (χ2v) is 10.1. The van der Waals surface area contributed by atoms with Crippen LogP contribution >= 0.6 is 11.3 Å². The van der Waals surface area contributed by atoms with E-state index in [1.165, 1.54) is 45.4 Å². The Hall–Kier alpha value is -1.75. The number of carbonyl (C=O) groups is 1. The van der Waals surface area contributed by atoms with Gasteiger partial charge in [-0.2, -0.15) is 0 Å². The van der Waals surface area contributed by atoms with Crippen LogP contribution < -0.4 is 5.32 Å². The molecule has 148 valence electrons. The van der Waals surface area contributed by atoms with Crippen LogP contribution in [0.5, 0.6) is 0 Å². The van der Waals surface area contributed by atoms with Crippen LogP contribution in [0, 0.1) is 23.6 Å². The number of benzene rings is 1. The van der Waals surface area contributed by atoms with Crippen molar-refractivity contribution in [3.63, 3.8) is 0 Å². The Morgan fingerprint density at radius 3 is 2.54 bits per heavy atom. The Morgan fingerprint density at radius 2 is 1.89 bits per heavy atom. The molecule has 0 radical (unpaired) electrons. The topological polar surface area (TPSA) is 42.0 Å². The zero-order chi connectivity index (χ0) is 19.3. The van der Waals surface area contributed by atoms with Gasteiger partial charge in [-0.15, -0.1) is 11.3 Å². The van der Waals surface area contributed by atoms with Gasteiger partial charge in [0.1, 0.15) is 10.8 Å². The van der Waals surface area contributed by atoms with Crippen LogP contribution in [0.1, 0.15) is 56.7 Å². The lowest BCUT2D eigenvalue weighted by Crippen LogP contribution is -2.48. The molecule has 4 bridgehead atoms. The number of amides is 1. The molecule has 1 aromatic heterocycles. The molecule has 28 heavy (non-hydrogen) atoms. The highest BCUT2D eigenvalue weighted by molar-refractivity contribution is 7.13. The third kappa shape index (κ3) is 3.28. The molecule has 6 rings (SSSR count). The molecular weight excluding hydrogens is 371 g/mol. The Bertz CT molecular complexity index is 870. The average molecular weight is 399 g/mol. The smallest absolute Gasteiger partial charge is 0.216 e. The summed E-state index contributed by atoms with van der Waals surface area (Å²) >= 11 is 1.61. The van der Waals surface area contributed by atoms with Crippen molar-refractivity contribution < 1.29 is 9.18 Å². The molecule has 2 aromatic rings. The van der Waals surface area contributed by atoms with Gasteiger partial charge in [-0.3, -0.25) is 4.79 Å². The fourth-order valence-electron chi connectivity index (χ4n) is 6.43. The predicted octanol–water partition coefficient (Wildman–Crippen LogP) is 5.10. The zero-order valence-corrected chi connectivity index (χ0v) is 17.2. The largest absolute Gasteiger partial charge is 0.356 e. The van der Waals surface area contributed by atoms with Crippen molar-refractivity contribution in [3.8, 4) is 10.6 Å². The number of halogens is 1. The average Bonchev–Trinajstić information content (AvgIpc) is 3.09. The second-order valence-electron chi connectivity index (χ2n) is 9.27. The van der Waals surface area contributed by atoms with Crippen LogP contribution in [-0.2, 0) is 16.6 Å². The first-order chi connectivity index (χ1) is 13.5. The highest BCUT2D eigenvalue weighted by Gasteiger charge is 2.52. The highest BCUT2D eigenvalue weighted by atomic mass is 32.1. The first kappa shape index (κ1) is 18.3. The fourth-order valence-corrected chi connectivity index (χ4v) is 7.28. The molecule has 4 aliphatic carbocycles. The molecule has 4 fully saturated rings. The maximum atomic E-state index is 15.0. The van der Waals surface area contributed by atoms with Gasteiger partial charge in [-0.05, 0) is 85.5 Å². The number of rotatable bonds is 5. The lowest BCUT2D eigenvalue weighted by molar-refractivity contribution is -0.118. The molecule has 4 saturated carbocycles. The van der Waals surface area contributed by atoms with E-state index in [2.05, 4.69) is 11.4 Å². The summed E-state index contributed by atoms with van der Waals surface area (Å²) < 4.78 is 15.0. The minimum Gasteiger partial charge on any atom is -0.356 e. The van der Waals surface area contributed by atoms with Gasteiger partial charge in [0.05, 0.1) is 5.69 Å². The van der Waals surface area contributed by atoms with Gasteiger partial charge in [0.25, 0.3) is 0 Å². The fraction of sp³-hybridized carbons (Fsp3) is 0.565. The van der Waals surface area contributed by atoms with Gasteiger partial charge in [0.15, 0.2) is 0 Å². The maximum Gasteiger partial charge on any atom is 0.216 e. The summed E-state index contributed by atoms with van der Waals surface area (Å²) in [7, 11) is 0. The van der Waals surface area contributed by atoms with E-state index in [0.29, 0.717) is 6.54 Å². The SMILES string of the molecule is CC(=O)NCCc1csc(-c2ccc(F)c(C34CC5CC(CC(C5)C3)C4)c2)n1. The third-order valence-electron chi connectivity index (χ3n) is 7.13. The number of carbonyl (C=O) groups excluding carboxylic acids is 1. The Balaban J connectivity index is 1.41. The minimum absolute atomic E-state index is 0.0193. The quantitative estimate of drug-likeness (QED) is 0.762. The Morgan fingerprint density at radius 1 is 1.21 bits per heavy atom. The molecular formula is C23H27FN2OS. The Labute approximate surface area is 169 Å². The van der Waals surface area contributed by atoms with E-state index >= 15 is 0 Å². The van der Waals surface area contributed by atoms with Crippen LogP contribution in [0.15, 0.2) is 23.6 Å². The molecule has 3 nitrogen and oxygen atoms in total. The third-order valence-corrected chi connectivity index (χ3v) is 8.07. The van der Waals surface area contributed by atoms with E-state index in [0.717, 1.165) is 46.0 Å². The summed E-state index contributed by atoms with van der Waals surface area (Å²) in [4.78, 5) is 15.8. The number of nitrogens with one attached hydrogen (secondary N) is 1. The van der Waals surface area contributed by atoms with Crippen molar-refractivity contribution in [1.29, 1.82) is 0 Å². The van der Waals surface area contributed by atoms with Crippen LogP contribution in [0.4, 0.5) is 4.39 Å². The molecule has 1 heterocycles. The van der Waals surface area contributed by atoms with Gasteiger partial charge in [-0.25, -0.2) is 9.37 Å². The summed E-state index contributed by atoms with van der Waals surface area (Å²) in [5.41, 5.74) is 3.01. The van der Waals surface area contributed by atoms with Crippen molar-refractivity contribution in [3.05, 3.63) is 40.7 Å². The van der Waals surface area contributed by atoms with E-state index in [1.807, 2.05) is 11.4 Å². The van der Waals surface area contributed by atoms with Gasteiger partial charge < -0.3 is 5.32 Å². The van der Waals surface area contributed by atoms with Crippen LogP contribution in [-0.4, -0.2) is 17.4 Å². The summed E-state index contributed by atoms with van der Waals surface area (Å²) in [6.45, 7) is 2.12. The van der Waals surface area contributed by atoms with Crippen LogP contribution in [0.2, 0.25) is 0 Å². The van der Waals surface area contributed by atoms with Crippen molar-refractivity contribution >= 4 is 17.2 Å². The molecule has 1 aromatic carbocycles. The first-order valence-electron chi connectivity index (χ1n) is 10.5. The number of hydrogen-bond donors (Lipinski definition) is 1. The van der Waals surface area contributed by atoms with Crippen molar-refractivity contribution in [1.82, 2.24) is 10.3 Å². The highest BCUT2D eigenvalue weighted by Crippen LogP contribution is 2.61. The van der Waals surface area contributed by atoms with Crippen LogP contribution in [0.3, 0.4) is 0 Å². The predicted molar refractivity (Wildman–Crippen MR) is 110 cm³/mol. The standard InChI is InChI=1S/C23H27FN2OS/c1-14(27)25-5-4-19-13-28-22(26-19)18-2-3-21(24)20(9-18)23-10-15-6-16(11-23)8-17(7-15)12-23/h2-3,9,13,15-17H,4-8,10-12H2,1H3,(H,25,27). The molecule has 0 aliphatic heterocycles. The van der Waals surface area contributed by atoms with Gasteiger partial charge >= 0.3 is 0 Å². The van der Waals surface area contributed by atoms with Gasteiger partial charge in [0.2, 0.25) is 5.91 Å². The lowest BCUT2D eigenvalue weighted by atomic mass is 9.48. The number of thiazole rings is 1. The normalized spacial score (nSPS) is 30.6.